The summed E-state index contributed by atoms with van der Waals surface area (Å²) in [6.07, 6.45) is -5.22. The molecule has 1 aliphatic heterocycles. The van der Waals surface area contributed by atoms with Crippen molar-refractivity contribution in [1.82, 2.24) is 0 Å². The maximum atomic E-state index is 9.53. The van der Waals surface area contributed by atoms with Gasteiger partial charge in [0.25, 0.3) is 0 Å². The summed E-state index contributed by atoms with van der Waals surface area (Å²) in [6.45, 7) is 0.180. The largest absolute Gasteiger partial charge is 0.387 e. The Morgan fingerprint density at radius 2 is 1.79 bits per heavy atom. The molecule has 1 saturated heterocycles. The summed E-state index contributed by atoms with van der Waals surface area (Å²) < 4.78 is 14.8. The van der Waals surface area contributed by atoms with Crippen LogP contribution < -0.4 is 0 Å². The molecule has 6 heteroatoms. The molecule has 0 aromatic rings. The molecule has 0 bridgehead atoms. The van der Waals surface area contributed by atoms with Crippen LogP contribution in [0.15, 0.2) is 0 Å². The molecule has 1 rings (SSSR count). The summed E-state index contributed by atoms with van der Waals surface area (Å²) in [5.74, 6) is 0. The van der Waals surface area contributed by atoms with E-state index in [1.54, 1.807) is 0 Å². The van der Waals surface area contributed by atoms with E-state index in [9.17, 15) is 15.3 Å². The number of rotatable bonds is 3. The molecule has 0 aliphatic carbocycles. The molecule has 0 amide bonds. The minimum Gasteiger partial charge on any atom is -0.387 e. The standard InChI is InChI=1S/C8H16O6/c1-12-3-4-7(13-2)5(9)6(10)8(11)14-4/h4-11H,3H2,1-2H3. The molecular formula is C8H16O6. The molecule has 5 unspecified atom stereocenters. The Labute approximate surface area is 82.0 Å². The molecule has 0 spiro atoms. The Morgan fingerprint density at radius 3 is 2.29 bits per heavy atom. The Bertz CT molecular complexity index is 175. The Morgan fingerprint density at radius 1 is 1.14 bits per heavy atom. The van der Waals surface area contributed by atoms with Crippen LogP contribution >= 0.6 is 0 Å². The van der Waals surface area contributed by atoms with E-state index in [4.69, 9.17) is 14.2 Å². The van der Waals surface area contributed by atoms with Crippen LogP contribution in [-0.4, -0.2) is 66.9 Å². The van der Waals surface area contributed by atoms with Crippen LogP contribution in [0.4, 0.5) is 0 Å². The first-order valence-corrected chi connectivity index (χ1v) is 4.33. The van der Waals surface area contributed by atoms with E-state index in [1.807, 2.05) is 0 Å². The lowest BCUT2D eigenvalue weighted by atomic mass is 9.99. The lowest BCUT2D eigenvalue weighted by Crippen LogP contribution is -2.59. The van der Waals surface area contributed by atoms with Crippen molar-refractivity contribution in [1.29, 1.82) is 0 Å². The van der Waals surface area contributed by atoms with Gasteiger partial charge in [0.1, 0.15) is 24.4 Å². The zero-order valence-corrected chi connectivity index (χ0v) is 8.16. The van der Waals surface area contributed by atoms with E-state index in [-0.39, 0.29) is 6.61 Å². The summed E-state index contributed by atoms with van der Waals surface area (Å²) >= 11 is 0. The van der Waals surface area contributed by atoms with Crippen molar-refractivity contribution in [2.24, 2.45) is 0 Å². The van der Waals surface area contributed by atoms with Gasteiger partial charge in [0.15, 0.2) is 6.29 Å². The van der Waals surface area contributed by atoms with Crippen LogP contribution in [-0.2, 0) is 14.2 Å². The van der Waals surface area contributed by atoms with E-state index < -0.39 is 30.7 Å². The van der Waals surface area contributed by atoms with Gasteiger partial charge in [0.2, 0.25) is 0 Å². The number of hydrogen-bond donors (Lipinski definition) is 3. The van der Waals surface area contributed by atoms with Crippen molar-refractivity contribution < 1.29 is 29.5 Å². The molecule has 0 radical (unpaired) electrons. The second kappa shape index (κ2) is 5.01. The molecule has 84 valence electrons. The topological polar surface area (TPSA) is 88.4 Å². The van der Waals surface area contributed by atoms with Crippen LogP contribution in [0.1, 0.15) is 0 Å². The molecule has 1 heterocycles. The van der Waals surface area contributed by atoms with Crippen LogP contribution in [0.5, 0.6) is 0 Å². The van der Waals surface area contributed by atoms with E-state index in [0.29, 0.717) is 0 Å². The predicted octanol–water partition coefficient (Wildman–Crippen LogP) is -1.91. The average molecular weight is 208 g/mol. The summed E-state index contributed by atoms with van der Waals surface area (Å²) in [5.41, 5.74) is 0. The molecular weight excluding hydrogens is 192 g/mol. The van der Waals surface area contributed by atoms with Gasteiger partial charge in [-0.15, -0.1) is 0 Å². The van der Waals surface area contributed by atoms with Crippen molar-refractivity contribution in [2.75, 3.05) is 20.8 Å². The summed E-state index contributed by atoms with van der Waals surface area (Å²) in [5, 5.41) is 28.0. The van der Waals surface area contributed by atoms with Gasteiger partial charge in [-0.05, 0) is 0 Å². The molecule has 0 aromatic heterocycles. The normalized spacial score (nSPS) is 43.9. The number of ether oxygens (including phenoxy) is 3. The van der Waals surface area contributed by atoms with E-state index in [0.717, 1.165) is 0 Å². The smallest absolute Gasteiger partial charge is 0.184 e. The SMILES string of the molecule is COCC1OC(O)C(O)C(O)C1OC. The number of aliphatic hydroxyl groups excluding tert-OH is 3. The first-order valence-electron chi connectivity index (χ1n) is 4.33. The first-order chi connectivity index (χ1) is 6.61. The quantitative estimate of drug-likeness (QED) is 0.501. The number of aliphatic hydroxyl groups is 3. The third kappa shape index (κ3) is 2.22. The van der Waals surface area contributed by atoms with Crippen molar-refractivity contribution in [2.45, 2.75) is 30.7 Å². The highest BCUT2D eigenvalue weighted by Crippen LogP contribution is 2.21. The van der Waals surface area contributed by atoms with Gasteiger partial charge in [-0.25, -0.2) is 0 Å². The molecule has 1 fully saturated rings. The third-order valence-electron chi connectivity index (χ3n) is 2.26. The van der Waals surface area contributed by atoms with E-state index >= 15 is 0 Å². The molecule has 14 heavy (non-hydrogen) atoms. The fourth-order valence-corrected chi connectivity index (χ4v) is 1.51. The van der Waals surface area contributed by atoms with E-state index in [1.165, 1.54) is 14.2 Å². The van der Waals surface area contributed by atoms with Crippen molar-refractivity contribution in [3.63, 3.8) is 0 Å². The molecule has 0 aromatic carbocycles. The van der Waals surface area contributed by atoms with Crippen molar-refractivity contribution in [3.8, 4) is 0 Å². The first kappa shape index (κ1) is 11.8. The maximum Gasteiger partial charge on any atom is 0.184 e. The van der Waals surface area contributed by atoms with Crippen LogP contribution in [0.2, 0.25) is 0 Å². The van der Waals surface area contributed by atoms with Crippen molar-refractivity contribution >= 4 is 0 Å². The van der Waals surface area contributed by atoms with Gasteiger partial charge in [-0.1, -0.05) is 0 Å². The van der Waals surface area contributed by atoms with E-state index in [2.05, 4.69) is 0 Å². The average Bonchev–Trinajstić information content (AvgIpc) is 2.16. The Hall–Kier alpha value is -0.240. The van der Waals surface area contributed by atoms with Crippen LogP contribution in [0.3, 0.4) is 0 Å². The zero-order chi connectivity index (χ0) is 10.7. The lowest BCUT2D eigenvalue weighted by molar-refractivity contribution is -0.291. The van der Waals surface area contributed by atoms with Gasteiger partial charge >= 0.3 is 0 Å². The second-order valence-corrected chi connectivity index (χ2v) is 3.20. The molecule has 0 saturated carbocycles. The van der Waals surface area contributed by atoms with Crippen molar-refractivity contribution in [3.05, 3.63) is 0 Å². The highest BCUT2D eigenvalue weighted by atomic mass is 16.7. The Balaban J connectivity index is 2.66. The lowest BCUT2D eigenvalue weighted by Gasteiger charge is -2.39. The van der Waals surface area contributed by atoms with Gasteiger partial charge in [-0.3, -0.25) is 0 Å². The van der Waals surface area contributed by atoms with Gasteiger partial charge < -0.3 is 29.5 Å². The van der Waals surface area contributed by atoms with Crippen LogP contribution in [0, 0.1) is 0 Å². The number of hydrogen-bond acceptors (Lipinski definition) is 6. The molecule has 3 N–H and O–H groups in total. The maximum absolute atomic E-state index is 9.53. The fraction of sp³-hybridized carbons (Fsp3) is 1.00. The van der Waals surface area contributed by atoms with Gasteiger partial charge in [-0.2, -0.15) is 0 Å². The van der Waals surface area contributed by atoms with Gasteiger partial charge in [0, 0.05) is 14.2 Å². The Kier molecular flexibility index (Phi) is 4.24. The minimum atomic E-state index is -1.41. The third-order valence-corrected chi connectivity index (χ3v) is 2.26. The minimum absolute atomic E-state index is 0.180. The van der Waals surface area contributed by atoms with Gasteiger partial charge in [0.05, 0.1) is 6.61 Å². The van der Waals surface area contributed by atoms with Crippen LogP contribution in [0.25, 0.3) is 0 Å². The highest BCUT2D eigenvalue weighted by Gasteiger charge is 2.43. The fourth-order valence-electron chi connectivity index (χ4n) is 1.51. The highest BCUT2D eigenvalue weighted by molar-refractivity contribution is 4.89. The monoisotopic (exact) mass is 208 g/mol. The molecule has 6 nitrogen and oxygen atoms in total. The summed E-state index contributed by atoms with van der Waals surface area (Å²) in [4.78, 5) is 0. The molecule has 1 aliphatic rings. The zero-order valence-electron chi connectivity index (χ0n) is 8.16. The second-order valence-electron chi connectivity index (χ2n) is 3.20. The summed E-state index contributed by atoms with van der Waals surface area (Å²) in [7, 11) is 2.87. The molecule has 5 atom stereocenters. The number of methoxy groups -OCH3 is 2. The summed E-state index contributed by atoms with van der Waals surface area (Å²) in [6, 6.07) is 0. The predicted molar refractivity (Wildman–Crippen MR) is 45.6 cm³/mol.